The largest absolute Gasteiger partial charge is 0.493 e. The van der Waals surface area contributed by atoms with Crippen molar-refractivity contribution in [1.29, 1.82) is 0 Å². The summed E-state index contributed by atoms with van der Waals surface area (Å²) in [6.45, 7) is 0.179. The van der Waals surface area contributed by atoms with E-state index < -0.39 is 5.97 Å². The van der Waals surface area contributed by atoms with Crippen LogP contribution in [0.3, 0.4) is 0 Å². The molecule has 0 fully saturated rings. The minimum absolute atomic E-state index is 0.0535. The molecule has 0 aliphatic carbocycles. The van der Waals surface area contributed by atoms with Crippen molar-refractivity contribution in [2.75, 3.05) is 27.8 Å². The summed E-state index contributed by atoms with van der Waals surface area (Å²) in [6.07, 6.45) is 0.225. The summed E-state index contributed by atoms with van der Waals surface area (Å²) in [5, 5.41) is 8.96. The highest BCUT2D eigenvalue weighted by Crippen LogP contribution is 2.36. The molecule has 1 N–H and O–H groups in total. The second kappa shape index (κ2) is 7.14. The van der Waals surface area contributed by atoms with Gasteiger partial charge in [-0.1, -0.05) is 0 Å². The molecule has 0 radical (unpaired) electrons. The summed E-state index contributed by atoms with van der Waals surface area (Å²) < 4.78 is 11.1. The molecule has 0 spiro atoms. The number of carboxylic acid groups (broad SMARTS) is 1. The van der Waals surface area contributed by atoms with Gasteiger partial charge in [-0.05, 0) is 28.1 Å². The highest BCUT2D eigenvalue weighted by molar-refractivity contribution is 9.10. The Morgan fingerprint density at radius 3 is 2.50 bits per heavy atom. The van der Waals surface area contributed by atoms with E-state index in [0.717, 1.165) is 0 Å². The van der Waals surface area contributed by atoms with Crippen molar-refractivity contribution in [3.63, 3.8) is 0 Å². The van der Waals surface area contributed by atoms with E-state index in [1.54, 1.807) is 14.1 Å². The average molecular weight is 346 g/mol. The molecule has 1 amide bonds. The molecule has 0 unspecified atom stereocenters. The van der Waals surface area contributed by atoms with Crippen LogP contribution in [0.2, 0.25) is 0 Å². The van der Waals surface area contributed by atoms with Gasteiger partial charge in [0.25, 0.3) is 0 Å². The van der Waals surface area contributed by atoms with Crippen molar-refractivity contribution in [2.45, 2.75) is 6.42 Å². The van der Waals surface area contributed by atoms with Crippen LogP contribution in [0.1, 0.15) is 16.8 Å². The van der Waals surface area contributed by atoms with E-state index in [9.17, 15) is 9.59 Å². The summed E-state index contributed by atoms with van der Waals surface area (Å²) in [6, 6.07) is 2.80. The Morgan fingerprint density at radius 1 is 1.35 bits per heavy atom. The number of hydrogen-bond donors (Lipinski definition) is 1. The van der Waals surface area contributed by atoms with Crippen LogP contribution in [0, 0.1) is 0 Å². The van der Waals surface area contributed by atoms with Crippen molar-refractivity contribution < 1.29 is 24.2 Å². The third kappa shape index (κ3) is 4.12. The molecular weight excluding hydrogens is 330 g/mol. The molecule has 6 nitrogen and oxygen atoms in total. The van der Waals surface area contributed by atoms with E-state index in [1.807, 2.05) is 0 Å². The zero-order chi connectivity index (χ0) is 15.3. The van der Waals surface area contributed by atoms with Crippen LogP contribution < -0.4 is 9.47 Å². The molecule has 1 rings (SSSR count). The molecule has 0 aliphatic rings. The molecule has 0 atom stereocenters. The molecule has 0 aromatic heterocycles. The molecule has 1 aromatic rings. The number of amides is 1. The highest BCUT2D eigenvalue weighted by Gasteiger charge is 2.15. The van der Waals surface area contributed by atoms with Crippen LogP contribution in [-0.4, -0.2) is 49.7 Å². The maximum Gasteiger partial charge on any atom is 0.335 e. The molecule has 0 saturated heterocycles. The van der Waals surface area contributed by atoms with E-state index in [2.05, 4.69) is 15.9 Å². The van der Waals surface area contributed by atoms with Gasteiger partial charge in [-0.2, -0.15) is 0 Å². The van der Waals surface area contributed by atoms with Crippen LogP contribution in [-0.2, 0) is 4.79 Å². The van der Waals surface area contributed by atoms with E-state index >= 15 is 0 Å². The van der Waals surface area contributed by atoms with Gasteiger partial charge in [-0.25, -0.2) is 4.79 Å². The Bertz CT molecular complexity index is 516. The maximum absolute atomic E-state index is 11.4. The third-order valence-electron chi connectivity index (χ3n) is 2.54. The van der Waals surface area contributed by atoms with Gasteiger partial charge in [0.1, 0.15) is 0 Å². The monoisotopic (exact) mass is 345 g/mol. The minimum atomic E-state index is -1.06. The van der Waals surface area contributed by atoms with Crippen molar-refractivity contribution in [1.82, 2.24) is 4.90 Å². The summed E-state index contributed by atoms with van der Waals surface area (Å²) in [5.41, 5.74) is 0.0884. The van der Waals surface area contributed by atoms with Crippen molar-refractivity contribution in [2.24, 2.45) is 0 Å². The first-order valence-corrected chi connectivity index (χ1v) is 6.60. The molecule has 20 heavy (non-hydrogen) atoms. The molecule has 110 valence electrons. The van der Waals surface area contributed by atoms with Crippen LogP contribution >= 0.6 is 15.9 Å². The second-order valence-electron chi connectivity index (χ2n) is 4.18. The fourth-order valence-corrected chi connectivity index (χ4v) is 2.00. The van der Waals surface area contributed by atoms with Gasteiger partial charge in [-0.15, -0.1) is 0 Å². The Balaban J connectivity index is 2.84. The van der Waals surface area contributed by atoms with Crippen molar-refractivity contribution in [3.8, 4) is 11.5 Å². The number of benzene rings is 1. The smallest absolute Gasteiger partial charge is 0.335 e. The number of rotatable bonds is 6. The standard InChI is InChI=1S/C13H16BrNO5/c1-15(2)11(16)4-5-20-12-9(14)6-8(13(17)18)7-10(12)19-3/h6-7H,4-5H2,1-3H3,(H,17,18). The number of methoxy groups -OCH3 is 1. The van der Waals surface area contributed by atoms with E-state index in [1.165, 1.54) is 24.1 Å². The fraction of sp³-hybridized carbons (Fsp3) is 0.385. The lowest BCUT2D eigenvalue weighted by molar-refractivity contribution is -0.129. The summed E-state index contributed by atoms with van der Waals surface area (Å²) in [7, 11) is 4.76. The Labute approximate surface area is 125 Å². The van der Waals surface area contributed by atoms with Gasteiger partial charge in [-0.3, -0.25) is 4.79 Å². The molecule has 0 saturated carbocycles. The van der Waals surface area contributed by atoms with Crippen molar-refractivity contribution in [3.05, 3.63) is 22.2 Å². The van der Waals surface area contributed by atoms with Crippen LogP contribution in [0.15, 0.2) is 16.6 Å². The van der Waals surface area contributed by atoms with Gasteiger partial charge in [0.2, 0.25) is 5.91 Å². The second-order valence-corrected chi connectivity index (χ2v) is 5.04. The molecule has 7 heteroatoms. The summed E-state index contributed by atoms with van der Waals surface area (Å²) in [5.74, 6) is -0.432. The number of aromatic carboxylic acids is 1. The summed E-state index contributed by atoms with van der Waals surface area (Å²) in [4.78, 5) is 23.9. The normalized spacial score (nSPS) is 10.0. The number of halogens is 1. The molecule has 0 aliphatic heterocycles. The quantitative estimate of drug-likeness (QED) is 0.853. The number of carbonyl (C=O) groups excluding carboxylic acids is 1. The number of ether oxygens (including phenoxy) is 2. The molecule has 0 heterocycles. The van der Waals surface area contributed by atoms with E-state index in [0.29, 0.717) is 16.0 Å². The highest BCUT2D eigenvalue weighted by atomic mass is 79.9. The van der Waals surface area contributed by atoms with Crippen LogP contribution in [0.5, 0.6) is 11.5 Å². The van der Waals surface area contributed by atoms with Gasteiger partial charge >= 0.3 is 5.97 Å². The lowest BCUT2D eigenvalue weighted by Crippen LogP contribution is -2.23. The van der Waals surface area contributed by atoms with Gasteiger partial charge in [0, 0.05) is 14.1 Å². The zero-order valence-electron chi connectivity index (χ0n) is 11.5. The van der Waals surface area contributed by atoms with Gasteiger partial charge in [0.05, 0.1) is 30.2 Å². The first kappa shape index (κ1) is 16.3. The Morgan fingerprint density at radius 2 is 2.00 bits per heavy atom. The number of carbonyl (C=O) groups is 2. The first-order chi connectivity index (χ1) is 9.36. The lowest BCUT2D eigenvalue weighted by Gasteiger charge is -2.14. The Hall–Kier alpha value is -1.76. The molecule has 0 bridgehead atoms. The Kier molecular flexibility index (Phi) is 5.82. The average Bonchev–Trinajstić information content (AvgIpc) is 2.39. The topological polar surface area (TPSA) is 76.1 Å². The lowest BCUT2D eigenvalue weighted by atomic mass is 10.2. The number of carboxylic acids is 1. The van der Waals surface area contributed by atoms with Crippen LogP contribution in [0.25, 0.3) is 0 Å². The van der Waals surface area contributed by atoms with E-state index in [-0.39, 0.29) is 24.5 Å². The SMILES string of the molecule is COc1cc(C(=O)O)cc(Br)c1OCCC(=O)N(C)C. The summed E-state index contributed by atoms with van der Waals surface area (Å²) >= 11 is 3.24. The maximum atomic E-state index is 11.4. The zero-order valence-corrected chi connectivity index (χ0v) is 13.1. The molecular formula is C13H16BrNO5. The van der Waals surface area contributed by atoms with E-state index in [4.69, 9.17) is 14.6 Å². The predicted molar refractivity (Wildman–Crippen MR) is 76.5 cm³/mol. The van der Waals surface area contributed by atoms with Gasteiger partial charge < -0.3 is 19.5 Å². The minimum Gasteiger partial charge on any atom is -0.493 e. The van der Waals surface area contributed by atoms with Gasteiger partial charge in [0.15, 0.2) is 11.5 Å². The fourth-order valence-electron chi connectivity index (χ4n) is 1.45. The predicted octanol–water partition coefficient (Wildman–Crippen LogP) is 2.01. The number of nitrogens with zero attached hydrogens (tertiary/aromatic N) is 1. The van der Waals surface area contributed by atoms with Crippen molar-refractivity contribution >= 4 is 27.8 Å². The third-order valence-corrected chi connectivity index (χ3v) is 3.13. The first-order valence-electron chi connectivity index (χ1n) is 5.80. The number of hydrogen-bond acceptors (Lipinski definition) is 4. The van der Waals surface area contributed by atoms with Crippen LogP contribution in [0.4, 0.5) is 0 Å². The molecule has 1 aromatic carbocycles.